The third-order valence-electron chi connectivity index (χ3n) is 5.87. The number of para-hydroxylation sites is 1. The molecule has 6 nitrogen and oxygen atoms in total. The number of imidazole rings is 1. The molecule has 0 saturated heterocycles. The number of hydrogen-bond acceptors (Lipinski definition) is 4. The second kappa shape index (κ2) is 9.08. The Morgan fingerprint density at radius 3 is 2.67 bits per heavy atom. The van der Waals surface area contributed by atoms with Crippen LogP contribution >= 0.6 is 11.6 Å². The van der Waals surface area contributed by atoms with Crippen LogP contribution in [0.4, 0.5) is 5.69 Å². The minimum absolute atomic E-state index is 0.741. The van der Waals surface area contributed by atoms with Gasteiger partial charge >= 0.3 is 0 Å². The van der Waals surface area contributed by atoms with E-state index < -0.39 is 0 Å². The zero-order chi connectivity index (χ0) is 22.8. The Bertz CT molecular complexity index is 1400. The molecular weight excluding hydrogens is 432 g/mol. The first kappa shape index (κ1) is 21.2. The lowest BCUT2D eigenvalue weighted by Crippen LogP contribution is -2.09. The lowest BCUT2D eigenvalue weighted by Gasteiger charge is -2.13. The van der Waals surface area contributed by atoms with Gasteiger partial charge in [0.2, 0.25) is 0 Å². The fourth-order valence-electron chi connectivity index (χ4n) is 4.21. The molecule has 2 aromatic heterocycles. The van der Waals surface area contributed by atoms with Crippen LogP contribution in [0.25, 0.3) is 33.4 Å². The number of aryl methyl sites for hydroxylation is 3. The zero-order valence-corrected chi connectivity index (χ0v) is 19.4. The van der Waals surface area contributed by atoms with E-state index in [2.05, 4.69) is 62.9 Å². The van der Waals surface area contributed by atoms with Crippen LogP contribution in [0.15, 0.2) is 67.0 Å². The molecule has 0 unspecified atom stereocenters. The summed E-state index contributed by atoms with van der Waals surface area (Å²) in [4.78, 5) is 7.69. The maximum absolute atomic E-state index is 5.96. The number of aromatic nitrogens is 5. The van der Waals surface area contributed by atoms with Crippen molar-refractivity contribution in [2.75, 3.05) is 11.9 Å². The molecule has 166 valence electrons. The van der Waals surface area contributed by atoms with Gasteiger partial charge in [-0.1, -0.05) is 47.1 Å². The van der Waals surface area contributed by atoms with E-state index in [4.69, 9.17) is 11.6 Å². The van der Waals surface area contributed by atoms with Gasteiger partial charge in [0.05, 0.1) is 28.7 Å². The van der Waals surface area contributed by atoms with E-state index >= 15 is 0 Å². The first-order valence-electron chi connectivity index (χ1n) is 11.0. The fourth-order valence-corrected chi connectivity index (χ4v) is 4.34. The highest BCUT2D eigenvalue weighted by Gasteiger charge is 2.15. The molecule has 0 aliphatic heterocycles. The van der Waals surface area contributed by atoms with Crippen LogP contribution in [-0.4, -0.2) is 31.5 Å². The second-order valence-corrected chi connectivity index (χ2v) is 8.60. The van der Waals surface area contributed by atoms with Gasteiger partial charge in [-0.15, -0.1) is 5.10 Å². The normalized spacial score (nSPS) is 11.2. The van der Waals surface area contributed by atoms with Crippen molar-refractivity contribution in [3.05, 3.63) is 83.3 Å². The van der Waals surface area contributed by atoms with Crippen LogP contribution < -0.4 is 5.32 Å². The summed E-state index contributed by atoms with van der Waals surface area (Å²) in [5.74, 6) is 0. The highest BCUT2D eigenvalue weighted by molar-refractivity contribution is 6.30. The quantitative estimate of drug-likeness (QED) is 0.283. The van der Waals surface area contributed by atoms with Gasteiger partial charge < -0.3 is 10.3 Å². The van der Waals surface area contributed by atoms with Gasteiger partial charge in [0.15, 0.2) is 0 Å². The Labute approximate surface area is 197 Å². The van der Waals surface area contributed by atoms with E-state index in [0.717, 1.165) is 69.3 Å². The predicted molar refractivity (Wildman–Crippen MR) is 135 cm³/mol. The van der Waals surface area contributed by atoms with Crippen LogP contribution in [0.3, 0.4) is 0 Å². The van der Waals surface area contributed by atoms with Crippen molar-refractivity contribution in [2.24, 2.45) is 0 Å². The molecule has 0 saturated carbocycles. The van der Waals surface area contributed by atoms with Crippen molar-refractivity contribution in [1.29, 1.82) is 0 Å². The number of halogens is 1. The molecule has 0 aliphatic rings. The number of aromatic amines is 1. The Morgan fingerprint density at radius 2 is 1.85 bits per heavy atom. The first-order chi connectivity index (χ1) is 16.1. The number of benzene rings is 3. The third-order valence-corrected chi connectivity index (χ3v) is 6.12. The van der Waals surface area contributed by atoms with Crippen LogP contribution in [0.1, 0.15) is 17.7 Å². The number of hydrogen-bond donors (Lipinski definition) is 2. The van der Waals surface area contributed by atoms with Crippen molar-refractivity contribution in [3.8, 4) is 22.4 Å². The standard InChI is InChI=1S/C26H25ClN6/c1-17-15-19(23-5-3-6-24-25(23)30-16-29-24)7-12-22(17)26-18(2)31-32-33(26)14-4-13-28-21-10-8-20(27)9-11-21/h3,5-12,15-16,28H,4,13-14H2,1-2H3,(H,29,30). The summed E-state index contributed by atoms with van der Waals surface area (Å²) in [5, 5.41) is 12.9. The molecular formula is C26H25ClN6. The van der Waals surface area contributed by atoms with Crippen LogP contribution in [0.2, 0.25) is 5.02 Å². The Hall–Kier alpha value is -3.64. The van der Waals surface area contributed by atoms with Gasteiger partial charge in [-0.25, -0.2) is 9.67 Å². The van der Waals surface area contributed by atoms with Crippen LogP contribution in [0.5, 0.6) is 0 Å². The summed E-state index contributed by atoms with van der Waals surface area (Å²) in [6.07, 6.45) is 2.67. The molecule has 0 radical (unpaired) electrons. The van der Waals surface area contributed by atoms with Crippen LogP contribution in [-0.2, 0) is 6.54 Å². The molecule has 33 heavy (non-hydrogen) atoms. The van der Waals surface area contributed by atoms with Gasteiger partial charge in [0.25, 0.3) is 0 Å². The van der Waals surface area contributed by atoms with Gasteiger partial charge in [-0.3, -0.25) is 0 Å². The van der Waals surface area contributed by atoms with Gasteiger partial charge in [0.1, 0.15) is 0 Å². The fraction of sp³-hybridized carbons (Fsp3) is 0.192. The Kier molecular flexibility index (Phi) is 5.84. The maximum Gasteiger partial charge on any atom is 0.0960 e. The SMILES string of the molecule is Cc1cc(-c2cccc3[nH]cnc23)ccc1-c1c(C)nnn1CCCNc1ccc(Cl)cc1. The lowest BCUT2D eigenvalue weighted by atomic mass is 9.97. The van der Waals surface area contributed by atoms with Crippen LogP contribution in [0, 0.1) is 13.8 Å². The minimum atomic E-state index is 0.741. The zero-order valence-electron chi connectivity index (χ0n) is 18.6. The third kappa shape index (κ3) is 4.34. The predicted octanol–water partition coefficient (Wildman–Crippen LogP) is 6.26. The lowest BCUT2D eigenvalue weighted by molar-refractivity contribution is 0.574. The average Bonchev–Trinajstić information content (AvgIpc) is 3.44. The van der Waals surface area contributed by atoms with E-state index in [1.165, 1.54) is 5.56 Å². The molecule has 5 rings (SSSR count). The van der Waals surface area contributed by atoms with Gasteiger partial charge in [-0.2, -0.15) is 0 Å². The molecule has 0 fully saturated rings. The van der Waals surface area contributed by atoms with E-state index in [1.807, 2.05) is 41.9 Å². The Morgan fingerprint density at radius 1 is 1.00 bits per heavy atom. The van der Waals surface area contributed by atoms with E-state index in [0.29, 0.717) is 0 Å². The molecule has 0 amide bonds. The summed E-state index contributed by atoms with van der Waals surface area (Å²) in [5.41, 5.74) is 9.72. The number of H-pyrrole nitrogens is 1. The average molecular weight is 457 g/mol. The largest absolute Gasteiger partial charge is 0.385 e. The summed E-state index contributed by atoms with van der Waals surface area (Å²) in [6, 6.07) is 20.5. The highest BCUT2D eigenvalue weighted by atomic mass is 35.5. The molecule has 0 aliphatic carbocycles. The number of nitrogens with one attached hydrogen (secondary N) is 2. The first-order valence-corrected chi connectivity index (χ1v) is 11.4. The topological polar surface area (TPSA) is 71.4 Å². The number of fused-ring (bicyclic) bond motifs is 1. The summed E-state index contributed by atoms with van der Waals surface area (Å²) >= 11 is 5.96. The Balaban J connectivity index is 1.35. The number of anilines is 1. The van der Waals surface area contributed by atoms with Crippen molar-refractivity contribution in [2.45, 2.75) is 26.8 Å². The second-order valence-electron chi connectivity index (χ2n) is 8.17. The monoisotopic (exact) mass is 456 g/mol. The molecule has 0 atom stereocenters. The van der Waals surface area contributed by atoms with Crippen molar-refractivity contribution in [1.82, 2.24) is 25.0 Å². The smallest absolute Gasteiger partial charge is 0.0960 e. The molecule has 0 spiro atoms. The van der Waals surface area contributed by atoms with Crippen molar-refractivity contribution < 1.29 is 0 Å². The molecule has 2 N–H and O–H groups in total. The summed E-state index contributed by atoms with van der Waals surface area (Å²) in [7, 11) is 0. The van der Waals surface area contributed by atoms with E-state index in [9.17, 15) is 0 Å². The summed E-state index contributed by atoms with van der Waals surface area (Å²) < 4.78 is 2.01. The van der Waals surface area contributed by atoms with Gasteiger partial charge in [-0.05, 0) is 61.7 Å². The van der Waals surface area contributed by atoms with Gasteiger partial charge in [0, 0.05) is 34.9 Å². The summed E-state index contributed by atoms with van der Waals surface area (Å²) in [6.45, 7) is 5.78. The highest BCUT2D eigenvalue weighted by Crippen LogP contribution is 2.32. The number of nitrogens with zero attached hydrogens (tertiary/aromatic N) is 4. The van der Waals surface area contributed by atoms with Crippen molar-refractivity contribution in [3.63, 3.8) is 0 Å². The molecule has 7 heteroatoms. The molecule has 0 bridgehead atoms. The molecule has 5 aromatic rings. The molecule has 2 heterocycles. The maximum atomic E-state index is 5.96. The minimum Gasteiger partial charge on any atom is -0.385 e. The van der Waals surface area contributed by atoms with Crippen molar-refractivity contribution >= 4 is 28.3 Å². The van der Waals surface area contributed by atoms with E-state index in [1.54, 1.807) is 6.33 Å². The number of rotatable bonds is 7. The van der Waals surface area contributed by atoms with E-state index in [-0.39, 0.29) is 0 Å². The molecule has 3 aromatic carbocycles.